The second-order valence-electron chi connectivity index (χ2n) is 5.52. The number of nitrogens with zero attached hydrogens (tertiary/aromatic N) is 1. The quantitative estimate of drug-likeness (QED) is 0.357. The summed E-state index contributed by atoms with van der Waals surface area (Å²) < 4.78 is 6.62. The van der Waals surface area contributed by atoms with E-state index in [0.717, 1.165) is 29.3 Å². The normalized spacial score (nSPS) is 13.6. The minimum Gasteiger partial charge on any atom is -0.465 e. The summed E-state index contributed by atoms with van der Waals surface area (Å²) in [5.74, 6) is 0. The maximum absolute atomic E-state index is 11.7. The first-order valence-corrected chi connectivity index (χ1v) is 8.86. The van der Waals surface area contributed by atoms with Gasteiger partial charge in [0.05, 0.1) is 0 Å². The van der Waals surface area contributed by atoms with Crippen molar-refractivity contribution in [3.63, 3.8) is 0 Å². The van der Waals surface area contributed by atoms with Crippen molar-refractivity contribution in [2.24, 2.45) is 0 Å². The SMILES string of the molecule is CCCCCC(OC)N(C(=O)O)C(C)Cc1ccccc1I. The first-order valence-electron chi connectivity index (χ1n) is 7.78. The van der Waals surface area contributed by atoms with Crippen molar-refractivity contribution in [3.8, 4) is 0 Å². The van der Waals surface area contributed by atoms with Crippen LogP contribution in [0.3, 0.4) is 0 Å². The van der Waals surface area contributed by atoms with E-state index in [1.807, 2.05) is 25.1 Å². The highest BCUT2D eigenvalue weighted by Gasteiger charge is 2.28. The fourth-order valence-corrected chi connectivity index (χ4v) is 3.22. The van der Waals surface area contributed by atoms with E-state index in [9.17, 15) is 9.90 Å². The standard InChI is InChI=1S/C17H26INO3/c1-4-5-6-11-16(22-3)19(17(20)21)13(2)12-14-9-7-8-10-15(14)18/h7-10,13,16H,4-6,11-12H2,1-3H3,(H,20,21). The summed E-state index contributed by atoms with van der Waals surface area (Å²) in [6.45, 7) is 4.08. The topological polar surface area (TPSA) is 49.8 Å². The number of hydrogen-bond acceptors (Lipinski definition) is 2. The number of ether oxygens (including phenoxy) is 1. The van der Waals surface area contributed by atoms with E-state index in [0.29, 0.717) is 6.42 Å². The van der Waals surface area contributed by atoms with Gasteiger partial charge >= 0.3 is 6.09 Å². The van der Waals surface area contributed by atoms with E-state index in [-0.39, 0.29) is 12.3 Å². The predicted octanol–water partition coefficient (Wildman–Crippen LogP) is 4.76. The summed E-state index contributed by atoms with van der Waals surface area (Å²) in [5, 5.41) is 9.59. The van der Waals surface area contributed by atoms with E-state index in [1.54, 1.807) is 7.11 Å². The molecule has 4 nitrogen and oxygen atoms in total. The molecule has 2 atom stereocenters. The fraction of sp³-hybridized carbons (Fsp3) is 0.588. The monoisotopic (exact) mass is 419 g/mol. The Balaban J connectivity index is 2.79. The van der Waals surface area contributed by atoms with E-state index >= 15 is 0 Å². The van der Waals surface area contributed by atoms with Gasteiger partial charge in [-0.3, -0.25) is 4.90 Å². The molecule has 0 spiro atoms. The molecule has 0 bridgehead atoms. The van der Waals surface area contributed by atoms with Crippen LogP contribution in [0.5, 0.6) is 0 Å². The molecule has 22 heavy (non-hydrogen) atoms. The molecule has 0 aliphatic heterocycles. The molecule has 0 aliphatic rings. The molecule has 1 aromatic rings. The minimum absolute atomic E-state index is 0.125. The molecule has 0 aliphatic carbocycles. The van der Waals surface area contributed by atoms with Crippen LogP contribution in [0.25, 0.3) is 0 Å². The van der Waals surface area contributed by atoms with E-state index < -0.39 is 6.09 Å². The van der Waals surface area contributed by atoms with Crippen molar-refractivity contribution in [3.05, 3.63) is 33.4 Å². The third-order valence-electron chi connectivity index (χ3n) is 3.81. The molecular weight excluding hydrogens is 393 g/mol. The van der Waals surface area contributed by atoms with Crippen molar-refractivity contribution in [2.45, 2.75) is 58.2 Å². The van der Waals surface area contributed by atoms with Gasteiger partial charge in [-0.2, -0.15) is 0 Å². The molecule has 0 heterocycles. The molecule has 2 unspecified atom stereocenters. The zero-order chi connectivity index (χ0) is 16.5. The lowest BCUT2D eigenvalue weighted by atomic mass is 10.1. The van der Waals surface area contributed by atoms with Crippen LogP contribution < -0.4 is 0 Å². The lowest BCUT2D eigenvalue weighted by Crippen LogP contribution is -2.47. The lowest BCUT2D eigenvalue weighted by molar-refractivity contribution is -0.0436. The molecule has 124 valence electrons. The molecule has 1 N–H and O–H groups in total. The molecule has 0 aromatic heterocycles. The summed E-state index contributed by atoms with van der Waals surface area (Å²) in [7, 11) is 1.59. The van der Waals surface area contributed by atoms with Gasteiger partial charge in [-0.25, -0.2) is 4.79 Å². The van der Waals surface area contributed by atoms with E-state index in [2.05, 4.69) is 35.6 Å². The molecule has 0 fully saturated rings. The highest BCUT2D eigenvalue weighted by Crippen LogP contribution is 2.20. The first-order chi connectivity index (χ1) is 10.5. The average Bonchev–Trinajstić information content (AvgIpc) is 2.48. The van der Waals surface area contributed by atoms with Crippen LogP contribution >= 0.6 is 22.6 Å². The maximum atomic E-state index is 11.7. The maximum Gasteiger partial charge on any atom is 0.409 e. The van der Waals surface area contributed by atoms with Gasteiger partial charge < -0.3 is 9.84 Å². The van der Waals surface area contributed by atoms with Crippen LogP contribution in [0.2, 0.25) is 0 Å². The summed E-state index contributed by atoms with van der Waals surface area (Å²) in [4.78, 5) is 13.2. The molecule has 1 aromatic carbocycles. The zero-order valence-electron chi connectivity index (χ0n) is 13.6. The van der Waals surface area contributed by atoms with Gasteiger partial charge in [0.25, 0.3) is 0 Å². The second kappa shape index (κ2) is 10.0. The Labute approximate surface area is 147 Å². The molecule has 0 saturated carbocycles. The van der Waals surface area contributed by atoms with Crippen LogP contribution in [0.15, 0.2) is 24.3 Å². The number of rotatable bonds is 9. The van der Waals surface area contributed by atoms with Gasteiger partial charge in [0.1, 0.15) is 6.23 Å². The Hall–Kier alpha value is -0.820. The molecule has 0 saturated heterocycles. The van der Waals surface area contributed by atoms with Gasteiger partial charge in [-0.15, -0.1) is 0 Å². The third-order valence-corrected chi connectivity index (χ3v) is 4.86. The Morgan fingerprint density at radius 1 is 1.36 bits per heavy atom. The Morgan fingerprint density at radius 2 is 2.05 bits per heavy atom. The van der Waals surface area contributed by atoms with Crippen molar-refractivity contribution in [1.29, 1.82) is 0 Å². The van der Waals surface area contributed by atoms with Gasteiger partial charge in [0.15, 0.2) is 0 Å². The summed E-state index contributed by atoms with van der Waals surface area (Å²) in [6.07, 6.45) is 3.34. The number of carboxylic acid groups (broad SMARTS) is 1. The van der Waals surface area contributed by atoms with Crippen molar-refractivity contribution < 1.29 is 14.6 Å². The highest BCUT2D eigenvalue weighted by molar-refractivity contribution is 14.1. The second-order valence-corrected chi connectivity index (χ2v) is 6.68. The smallest absolute Gasteiger partial charge is 0.409 e. The Kier molecular flexibility index (Phi) is 8.78. The average molecular weight is 419 g/mol. The summed E-state index contributed by atoms with van der Waals surface area (Å²) in [6, 6.07) is 7.96. The number of carbonyl (C=O) groups is 1. The lowest BCUT2D eigenvalue weighted by Gasteiger charge is -2.33. The van der Waals surface area contributed by atoms with Crippen LogP contribution in [-0.4, -0.2) is 35.5 Å². The summed E-state index contributed by atoms with van der Waals surface area (Å²) in [5.41, 5.74) is 1.17. The molecule has 5 heteroatoms. The molecule has 0 radical (unpaired) electrons. The number of hydrogen-bond donors (Lipinski definition) is 1. The van der Waals surface area contributed by atoms with Gasteiger partial charge in [0, 0.05) is 16.7 Å². The summed E-state index contributed by atoms with van der Waals surface area (Å²) >= 11 is 2.29. The predicted molar refractivity (Wildman–Crippen MR) is 97.1 cm³/mol. The molecular formula is C17H26INO3. The number of amides is 1. The number of benzene rings is 1. The third kappa shape index (κ3) is 5.76. The van der Waals surface area contributed by atoms with Crippen molar-refractivity contribution in [2.75, 3.05) is 7.11 Å². The first kappa shape index (κ1) is 19.2. The Morgan fingerprint density at radius 3 is 2.59 bits per heavy atom. The van der Waals surface area contributed by atoms with Crippen LogP contribution in [0.4, 0.5) is 4.79 Å². The van der Waals surface area contributed by atoms with Gasteiger partial charge in [0.2, 0.25) is 0 Å². The largest absolute Gasteiger partial charge is 0.465 e. The minimum atomic E-state index is -0.915. The molecule has 1 amide bonds. The van der Waals surface area contributed by atoms with Crippen LogP contribution in [-0.2, 0) is 11.2 Å². The number of unbranched alkanes of at least 4 members (excludes halogenated alkanes) is 2. The number of methoxy groups -OCH3 is 1. The Bertz CT molecular complexity index is 467. The zero-order valence-corrected chi connectivity index (χ0v) is 15.7. The highest BCUT2D eigenvalue weighted by atomic mass is 127. The van der Waals surface area contributed by atoms with E-state index in [1.165, 1.54) is 10.5 Å². The van der Waals surface area contributed by atoms with Crippen LogP contribution in [0.1, 0.15) is 45.1 Å². The van der Waals surface area contributed by atoms with Gasteiger partial charge in [-0.1, -0.05) is 38.0 Å². The fourth-order valence-electron chi connectivity index (χ4n) is 2.62. The van der Waals surface area contributed by atoms with Crippen molar-refractivity contribution in [1.82, 2.24) is 4.90 Å². The van der Waals surface area contributed by atoms with Crippen molar-refractivity contribution >= 4 is 28.7 Å². The van der Waals surface area contributed by atoms with E-state index in [4.69, 9.17) is 4.74 Å². The van der Waals surface area contributed by atoms with Gasteiger partial charge in [-0.05, 0) is 60.4 Å². The van der Waals surface area contributed by atoms with Crippen LogP contribution in [0, 0.1) is 3.57 Å². The number of halogens is 1. The molecule has 1 rings (SSSR count).